The average molecular weight is 376 g/mol. The molecule has 1 nitrogen and oxygen atoms in total. The van der Waals surface area contributed by atoms with Gasteiger partial charge in [0.25, 0.3) is 0 Å². The molecule has 2 unspecified atom stereocenters. The van der Waals surface area contributed by atoms with Crippen molar-refractivity contribution in [3.63, 3.8) is 0 Å². The number of nitrogens with one attached hydrogen (secondary N) is 1. The zero-order valence-corrected chi connectivity index (χ0v) is 18.9. The SMILES string of the molecule is CCCCCCCCCCCCCCCCCCNC1(C)C=CC=CC1C. The topological polar surface area (TPSA) is 12.0 Å². The summed E-state index contributed by atoms with van der Waals surface area (Å²) in [5.41, 5.74) is 0.157. The summed E-state index contributed by atoms with van der Waals surface area (Å²) in [5, 5.41) is 3.76. The molecule has 1 N–H and O–H groups in total. The summed E-state index contributed by atoms with van der Waals surface area (Å²) in [7, 11) is 0. The summed E-state index contributed by atoms with van der Waals surface area (Å²) in [6.45, 7) is 8.08. The molecule has 1 rings (SSSR count). The molecule has 158 valence electrons. The van der Waals surface area contributed by atoms with E-state index in [4.69, 9.17) is 0 Å². The lowest BCUT2D eigenvalue weighted by Crippen LogP contribution is -2.46. The van der Waals surface area contributed by atoms with Gasteiger partial charge in [0.1, 0.15) is 0 Å². The van der Waals surface area contributed by atoms with Crippen LogP contribution in [0.4, 0.5) is 0 Å². The molecule has 1 aliphatic rings. The van der Waals surface area contributed by atoms with Crippen LogP contribution in [0.1, 0.15) is 124 Å². The van der Waals surface area contributed by atoms with Gasteiger partial charge in [-0.15, -0.1) is 0 Å². The maximum absolute atomic E-state index is 3.76. The van der Waals surface area contributed by atoms with Gasteiger partial charge in [0.05, 0.1) is 0 Å². The fourth-order valence-corrected chi connectivity index (χ4v) is 4.09. The van der Waals surface area contributed by atoms with E-state index in [1.165, 1.54) is 103 Å². The van der Waals surface area contributed by atoms with E-state index in [1.54, 1.807) is 0 Å². The molecule has 0 saturated heterocycles. The van der Waals surface area contributed by atoms with Crippen molar-refractivity contribution in [1.82, 2.24) is 5.32 Å². The molecule has 1 aliphatic carbocycles. The molecule has 0 saturated carbocycles. The first-order valence-electron chi connectivity index (χ1n) is 12.3. The minimum absolute atomic E-state index is 0.157. The van der Waals surface area contributed by atoms with Crippen molar-refractivity contribution in [2.45, 2.75) is 129 Å². The number of allylic oxidation sites excluding steroid dienone is 2. The van der Waals surface area contributed by atoms with Crippen LogP contribution in [0.2, 0.25) is 0 Å². The maximum atomic E-state index is 3.76. The van der Waals surface area contributed by atoms with E-state index in [9.17, 15) is 0 Å². The van der Waals surface area contributed by atoms with Crippen LogP contribution in [0.5, 0.6) is 0 Å². The highest BCUT2D eigenvalue weighted by molar-refractivity contribution is 5.22. The molecule has 0 aromatic rings. The molecule has 0 aromatic heterocycles. The molecular weight excluding hydrogens is 326 g/mol. The number of hydrogen-bond acceptors (Lipinski definition) is 1. The Kier molecular flexibility index (Phi) is 14.9. The second kappa shape index (κ2) is 16.4. The summed E-state index contributed by atoms with van der Waals surface area (Å²) in [4.78, 5) is 0. The standard InChI is InChI=1S/C26H49N/c1-4-5-6-7-8-9-10-11-12-13-14-15-16-17-18-21-24-27-26(3)23-20-19-22-25(26)2/h19-20,22-23,25,27H,4-18,21,24H2,1-3H3. The second-order valence-corrected chi connectivity index (χ2v) is 9.05. The molecule has 0 radical (unpaired) electrons. The van der Waals surface area contributed by atoms with Crippen LogP contribution in [-0.4, -0.2) is 12.1 Å². The number of unbranched alkanes of at least 4 members (excludes halogenated alkanes) is 15. The Morgan fingerprint density at radius 1 is 0.667 bits per heavy atom. The third kappa shape index (κ3) is 12.5. The van der Waals surface area contributed by atoms with Crippen LogP contribution in [0.15, 0.2) is 24.3 Å². The fraction of sp³-hybridized carbons (Fsp3) is 0.846. The fourth-order valence-electron chi connectivity index (χ4n) is 4.09. The Labute approximate surface area is 171 Å². The van der Waals surface area contributed by atoms with E-state index in [-0.39, 0.29) is 5.54 Å². The lowest BCUT2D eigenvalue weighted by molar-refractivity contribution is 0.348. The number of hydrogen-bond donors (Lipinski definition) is 1. The van der Waals surface area contributed by atoms with E-state index in [1.807, 2.05) is 0 Å². The van der Waals surface area contributed by atoms with Gasteiger partial charge >= 0.3 is 0 Å². The van der Waals surface area contributed by atoms with Crippen molar-refractivity contribution in [1.29, 1.82) is 0 Å². The second-order valence-electron chi connectivity index (χ2n) is 9.05. The zero-order valence-electron chi connectivity index (χ0n) is 18.9. The van der Waals surface area contributed by atoms with Crippen LogP contribution >= 0.6 is 0 Å². The van der Waals surface area contributed by atoms with Gasteiger partial charge in [-0.1, -0.05) is 134 Å². The van der Waals surface area contributed by atoms with Crippen molar-refractivity contribution in [3.05, 3.63) is 24.3 Å². The van der Waals surface area contributed by atoms with Gasteiger partial charge in [0.2, 0.25) is 0 Å². The van der Waals surface area contributed by atoms with E-state index in [2.05, 4.69) is 50.4 Å². The quantitative estimate of drug-likeness (QED) is 0.237. The van der Waals surface area contributed by atoms with E-state index >= 15 is 0 Å². The molecular formula is C26H49N. The molecule has 27 heavy (non-hydrogen) atoms. The average Bonchev–Trinajstić information content (AvgIpc) is 2.67. The molecule has 0 fully saturated rings. The lowest BCUT2D eigenvalue weighted by atomic mass is 9.83. The Bertz CT molecular complexity index is 384. The largest absolute Gasteiger partial charge is 0.308 e. The molecule has 0 aromatic carbocycles. The first kappa shape index (κ1) is 24.5. The molecule has 2 atom stereocenters. The lowest BCUT2D eigenvalue weighted by Gasteiger charge is -2.34. The Morgan fingerprint density at radius 3 is 1.56 bits per heavy atom. The molecule has 1 heteroatoms. The monoisotopic (exact) mass is 375 g/mol. The zero-order chi connectivity index (χ0) is 19.6. The van der Waals surface area contributed by atoms with Crippen molar-refractivity contribution in [3.8, 4) is 0 Å². The third-order valence-corrected chi connectivity index (χ3v) is 6.44. The van der Waals surface area contributed by atoms with Gasteiger partial charge in [-0.25, -0.2) is 0 Å². The maximum Gasteiger partial charge on any atom is 0.0399 e. The highest BCUT2D eigenvalue weighted by Crippen LogP contribution is 2.23. The highest BCUT2D eigenvalue weighted by Gasteiger charge is 2.26. The number of rotatable bonds is 18. The smallest absolute Gasteiger partial charge is 0.0399 e. The Morgan fingerprint density at radius 2 is 1.11 bits per heavy atom. The molecule has 0 heterocycles. The van der Waals surface area contributed by atoms with Gasteiger partial charge in [-0.05, 0) is 25.8 Å². The van der Waals surface area contributed by atoms with Crippen molar-refractivity contribution < 1.29 is 0 Å². The summed E-state index contributed by atoms with van der Waals surface area (Å²) in [6, 6.07) is 0. The van der Waals surface area contributed by atoms with Gasteiger partial charge in [-0.3, -0.25) is 0 Å². The minimum atomic E-state index is 0.157. The van der Waals surface area contributed by atoms with Crippen LogP contribution in [0.3, 0.4) is 0 Å². The van der Waals surface area contributed by atoms with E-state index < -0.39 is 0 Å². The molecule has 0 amide bonds. The Hall–Kier alpha value is -0.560. The van der Waals surface area contributed by atoms with Gasteiger partial charge in [0, 0.05) is 5.54 Å². The van der Waals surface area contributed by atoms with Gasteiger partial charge < -0.3 is 5.32 Å². The summed E-state index contributed by atoms with van der Waals surface area (Å²) in [6.07, 6.45) is 32.0. The van der Waals surface area contributed by atoms with Crippen LogP contribution in [0, 0.1) is 5.92 Å². The van der Waals surface area contributed by atoms with Gasteiger partial charge in [-0.2, -0.15) is 0 Å². The molecule has 0 spiro atoms. The Balaban J connectivity index is 1.77. The van der Waals surface area contributed by atoms with E-state index in [0.29, 0.717) is 5.92 Å². The van der Waals surface area contributed by atoms with Crippen molar-refractivity contribution in [2.24, 2.45) is 5.92 Å². The molecule has 0 bridgehead atoms. The first-order valence-corrected chi connectivity index (χ1v) is 12.3. The third-order valence-electron chi connectivity index (χ3n) is 6.44. The van der Waals surface area contributed by atoms with Crippen LogP contribution in [0.25, 0.3) is 0 Å². The molecule has 0 aliphatic heterocycles. The first-order chi connectivity index (χ1) is 13.2. The predicted molar refractivity (Wildman–Crippen MR) is 123 cm³/mol. The predicted octanol–water partition coefficient (Wildman–Crippen LogP) is 8.36. The minimum Gasteiger partial charge on any atom is -0.308 e. The summed E-state index contributed by atoms with van der Waals surface area (Å²) < 4.78 is 0. The highest BCUT2D eigenvalue weighted by atomic mass is 15.0. The van der Waals surface area contributed by atoms with E-state index in [0.717, 1.165) is 6.54 Å². The summed E-state index contributed by atoms with van der Waals surface area (Å²) >= 11 is 0. The van der Waals surface area contributed by atoms with Crippen molar-refractivity contribution >= 4 is 0 Å². The van der Waals surface area contributed by atoms with Crippen LogP contribution in [-0.2, 0) is 0 Å². The van der Waals surface area contributed by atoms with Crippen molar-refractivity contribution in [2.75, 3.05) is 6.54 Å². The normalized spacial score (nSPS) is 21.8. The summed E-state index contributed by atoms with van der Waals surface area (Å²) in [5.74, 6) is 0.587. The van der Waals surface area contributed by atoms with Crippen LogP contribution < -0.4 is 5.32 Å². The van der Waals surface area contributed by atoms with Gasteiger partial charge in [0.15, 0.2) is 0 Å².